The van der Waals surface area contributed by atoms with Crippen molar-refractivity contribution in [2.24, 2.45) is 17.6 Å². The van der Waals surface area contributed by atoms with E-state index in [9.17, 15) is 14.4 Å². The Morgan fingerprint density at radius 3 is 2.32 bits per heavy atom. The number of nitrogens with zero attached hydrogens (tertiary/aromatic N) is 7. The number of nitrogens with two attached hydrogens (primary N) is 1. The molecule has 5 aromatic rings. The zero-order valence-corrected chi connectivity index (χ0v) is 33.0. The van der Waals surface area contributed by atoms with Crippen molar-refractivity contribution >= 4 is 29.5 Å². The van der Waals surface area contributed by atoms with E-state index in [0.29, 0.717) is 73.3 Å². The van der Waals surface area contributed by atoms with E-state index in [4.69, 9.17) is 20.2 Å². The number of tetrazole rings is 1. The van der Waals surface area contributed by atoms with E-state index >= 15 is 0 Å². The highest BCUT2D eigenvalue weighted by atomic mass is 16.6. The van der Waals surface area contributed by atoms with Crippen LogP contribution in [0, 0.1) is 11.8 Å². The Kier molecular flexibility index (Phi) is 12.9. The van der Waals surface area contributed by atoms with E-state index in [1.165, 1.54) is 4.90 Å². The molecule has 1 aliphatic carbocycles. The lowest BCUT2D eigenvalue weighted by Gasteiger charge is -2.32. The highest BCUT2D eigenvalue weighted by molar-refractivity contribution is 6.17. The summed E-state index contributed by atoms with van der Waals surface area (Å²) in [6, 6.07) is 23.3. The van der Waals surface area contributed by atoms with Crippen molar-refractivity contribution in [3.8, 4) is 28.4 Å². The molecule has 3 amide bonds. The van der Waals surface area contributed by atoms with Crippen molar-refractivity contribution < 1.29 is 23.9 Å². The molecule has 0 unspecified atom stereocenters. The van der Waals surface area contributed by atoms with Crippen LogP contribution in [0.15, 0.2) is 85.1 Å². The van der Waals surface area contributed by atoms with E-state index < -0.39 is 29.6 Å². The second kappa shape index (κ2) is 18.2. The van der Waals surface area contributed by atoms with Crippen LogP contribution in [0.25, 0.3) is 22.5 Å². The molecule has 2 heterocycles. The molecule has 15 heteroatoms. The molecule has 298 valence electrons. The molecule has 6 rings (SSSR count). The average molecular weight is 775 g/mol. The van der Waals surface area contributed by atoms with Crippen LogP contribution in [-0.4, -0.2) is 80.8 Å². The Hall–Kier alpha value is -6.22. The number of rotatable bonds is 13. The number of aromatic nitrogens is 6. The van der Waals surface area contributed by atoms with Gasteiger partial charge in [0.15, 0.2) is 0 Å². The van der Waals surface area contributed by atoms with E-state index in [2.05, 4.69) is 30.9 Å². The normalized spacial score (nSPS) is 16.0. The SMILES string of the molecule is CN(C)c1ncc(-c2cccc(C[C@H](N)C(=O)N(C(=O)C3CCC(CNC(=O)OC(C)(C)C)CC3)c3ccc(-c4nn[nH]n4)cc3)c2)c(OCc2ccccc2)n1. The number of anilines is 2. The fourth-order valence-electron chi connectivity index (χ4n) is 6.72. The molecule has 1 aliphatic rings. The lowest BCUT2D eigenvalue weighted by Crippen LogP contribution is -2.50. The number of benzene rings is 3. The van der Waals surface area contributed by atoms with Crippen LogP contribution in [0.3, 0.4) is 0 Å². The minimum Gasteiger partial charge on any atom is -0.472 e. The molecular formula is C42H50N10O5. The molecule has 3 aromatic carbocycles. The van der Waals surface area contributed by atoms with Crippen molar-refractivity contribution in [3.05, 3.63) is 96.2 Å². The lowest BCUT2D eigenvalue weighted by molar-refractivity contribution is -0.130. The van der Waals surface area contributed by atoms with Gasteiger partial charge in [-0.05, 0) is 105 Å². The minimum absolute atomic E-state index is 0.164. The maximum absolute atomic E-state index is 14.4. The predicted molar refractivity (Wildman–Crippen MR) is 216 cm³/mol. The van der Waals surface area contributed by atoms with E-state index in [1.807, 2.05) is 94.4 Å². The minimum atomic E-state index is -1.04. The van der Waals surface area contributed by atoms with Gasteiger partial charge < -0.3 is 25.4 Å². The molecule has 15 nitrogen and oxygen atoms in total. The van der Waals surface area contributed by atoms with Gasteiger partial charge in [0.25, 0.3) is 5.91 Å². The van der Waals surface area contributed by atoms with Gasteiger partial charge >= 0.3 is 6.09 Å². The maximum Gasteiger partial charge on any atom is 0.407 e. The van der Waals surface area contributed by atoms with Crippen molar-refractivity contribution in [1.29, 1.82) is 0 Å². The number of nitrogens with one attached hydrogen (secondary N) is 2. The molecule has 0 aliphatic heterocycles. The van der Waals surface area contributed by atoms with Gasteiger partial charge in [-0.15, -0.1) is 10.2 Å². The van der Waals surface area contributed by atoms with Gasteiger partial charge in [-0.25, -0.2) is 14.7 Å². The van der Waals surface area contributed by atoms with Gasteiger partial charge in [0, 0.05) is 38.3 Å². The first kappa shape index (κ1) is 40.4. The van der Waals surface area contributed by atoms with Gasteiger partial charge in [-0.1, -0.05) is 54.6 Å². The van der Waals surface area contributed by atoms with E-state index in [0.717, 1.165) is 16.7 Å². The van der Waals surface area contributed by atoms with Crippen LogP contribution in [0.5, 0.6) is 5.88 Å². The summed E-state index contributed by atoms with van der Waals surface area (Å²) < 4.78 is 11.6. The summed E-state index contributed by atoms with van der Waals surface area (Å²) in [6.45, 7) is 6.22. The number of alkyl carbamates (subject to hydrolysis) is 1. The largest absolute Gasteiger partial charge is 0.472 e. The Labute approximate surface area is 332 Å². The molecule has 1 fully saturated rings. The van der Waals surface area contributed by atoms with Crippen LogP contribution < -0.4 is 25.6 Å². The third-order valence-corrected chi connectivity index (χ3v) is 9.67. The standard InChI is InChI=1S/C42H50N10O5/c1-42(2,3)57-41(55)45-24-27-14-16-31(17-15-27)38(53)52(33-20-18-30(19-21-33)36-47-49-50-48-36)39(54)35(43)23-29-12-9-13-32(22-29)34-25-44-40(51(4)5)46-37(34)56-26-28-10-7-6-8-11-28/h6-13,18-22,25,27,31,35H,14-17,23-24,26,43H2,1-5H3,(H,45,55)(H,47,48,49,50)/t27?,31?,35-/m0/s1. The first-order valence-electron chi connectivity index (χ1n) is 19.1. The Balaban J connectivity index is 1.19. The number of ether oxygens (including phenoxy) is 2. The summed E-state index contributed by atoms with van der Waals surface area (Å²) in [5, 5.41) is 17.0. The number of H-pyrrole nitrogens is 1. The molecule has 1 atom stereocenters. The lowest BCUT2D eigenvalue weighted by atomic mass is 9.81. The maximum atomic E-state index is 14.4. The van der Waals surface area contributed by atoms with Crippen molar-refractivity contribution in [3.63, 3.8) is 0 Å². The van der Waals surface area contributed by atoms with Gasteiger partial charge in [-0.3, -0.25) is 9.59 Å². The zero-order chi connectivity index (χ0) is 40.5. The highest BCUT2D eigenvalue weighted by Gasteiger charge is 2.35. The quantitative estimate of drug-likeness (QED) is 0.132. The summed E-state index contributed by atoms with van der Waals surface area (Å²) in [4.78, 5) is 53.2. The fraction of sp³-hybridized carbons (Fsp3) is 0.381. The van der Waals surface area contributed by atoms with Crippen molar-refractivity contribution in [2.45, 2.75) is 71.1 Å². The molecule has 0 bridgehead atoms. The molecule has 0 saturated heterocycles. The number of amides is 3. The number of aromatic amines is 1. The summed E-state index contributed by atoms with van der Waals surface area (Å²) in [7, 11) is 3.73. The Morgan fingerprint density at radius 1 is 0.930 bits per heavy atom. The molecule has 0 radical (unpaired) electrons. The monoisotopic (exact) mass is 774 g/mol. The Bertz CT molecular complexity index is 2110. The van der Waals surface area contributed by atoms with Gasteiger partial charge in [0.2, 0.25) is 23.6 Å². The molecular weight excluding hydrogens is 725 g/mol. The van der Waals surface area contributed by atoms with E-state index in [1.54, 1.807) is 30.5 Å². The summed E-state index contributed by atoms with van der Waals surface area (Å²) >= 11 is 0. The van der Waals surface area contributed by atoms with Crippen LogP contribution >= 0.6 is 0 Å². The second-order valence-corrected chi connectivity index (χ2v) is 15.5. The molecule has 0 spiro atoms. The molecule has 2 aromatic heterocycles. The van der Waals surface area contributed by atoms with E-state index in [-0.39, 0.29) is 18.2 Å². The third-order valence-electron chi connectivity index (χ3n) is 9.67. The molecule has 4 N–H and O–H groups in total. The number of carbonyl (C=O) groups is 3. The molecule has 57 heavy (non-hydrogen) atoms. The number of carbonyl (C=O) groups excluding carboxylic acids is 3. The first-order chi connectivity index (χ1) is 27.3. The summed E-state index contributed by atoms with van der Waals surface area (Å²) in [5.41, 5.74) is 10.4. The zero-order valence-electron chi connectivity index (χ0n) is 33.0. The highest BCUT2D eigenvalue weighted by Crippen LogP contribution is 2.33. The van der Waals surface area contributed by atoms with Gasteiger partial charge in [0.1, 0.15) is 12.2 Å². The van der Waals surface area contributed by atoms with Crippen molar-refractivity contribution in [1.82, 2.24) is 35.9 Å². The van der Waals surface area contributed by atoms with Crippen LogP contribution in [0.2, 0.25) is 0 Å². The predicted octanol–water partition coefficient (Wildman–Crippen LogP) is 5.73. The Morgan fingerprint density at radius 2 is 1.65 bits per heavy atom. The van der Waals surface area contributed by atoms with Gasteiger partial charge in [0.05, 0.1) is 17.3 Å². The smallest absolute Gasteiger partial charge is 0.407 e. The topological polar surface area (TPSA) is 194 Å². The number of hydrogen-bond donors (Lipinski definition) is 3. The van der Waals surface area contributed by atoms with Crippen LogP contribution in [0.4, 0.5) is 16.4 Å². The third kappa shape index (κ3) is 10.8. The van der Waals surface area contributed by atoms with Gasteiger partial charge in [-0.2, -0.15) is 10.2 Å². The number of hydrogen-bond acceptors (Lipinski definition) is 12. The van der Waals surface area contributed by atoms with Crippen molar-refractivity contribution in [2.75, 3.05) is 30.4 Å². The number of imide groups is 1. The van der Waals surface area contributed by atoms with Crippen LogP contribution in [0.1, 0.15) is 57.6 Å². The average Bonchev–Trinajstić information content (AvgIpc) is 3.75. The second-order valence-electron chi connectivity index (χ2n) is 15.5. The summed E-state index contributed by atoms with van der Waals surface area (Å²) in [5.74, 6) is 0.265. The summed E-state index contributed by atoms with van der Waals surface area (Å²) in [6.07, 6.45) is 3.97. The fourth-order valence-corrected chi connectivity index (χ4v) is 6.72. The van der Waals surface area contributed by atoms with Crippen LogP contribution in [-0.2, 0) is 27.4 Å². The first-order valence-corrected chi connectivity index (χ1v) is 19.1. The molecule has 1 saturated carbocycles.